The highest BCUT2D eigenvalue weighted by Gasteiger charge is 2.22. The van der Waals surface area contributed by atoms with Crippen LogP contribution in [-0.4, -0.2) is 17.3 Å². The molecular weight excluding hydrogens is 140 g/mol. The zero-order chi connectivity index (χ0) is 8.27. The van der Waals surface area contributed by atoms with Gasteiger partial charge in [-0.25, -0.2) is 0 Å². The molecule has 0 amide bonds. The number of rotatable bonds is 2. The predicted octanol–water partition coefficient (Wildman–Crippen LogP) is 1.84. The summed E-state index contributed by atoms with van der Waals surface area (Å²) in [6.45, 7) is 5.83. The van der Waals surface area contributed by atoms with Crippen LogP contribution < -0.4 is 0 Å². The SMILES string of the molecule is C=C1CC(O)CC(CCC)O1. The van der Waals surface area contributed by atoms with Crippen molar-refractivity contribution in [1.29, 1.82) is 0 Å². The number of aliphatic hydroxyl groups excluding tert-OH is 1. The van der Waals surface area contributed by atoms with Crippen LogP contribution >= 0.6 is 0 Å². The van der Waals surface area contributed by atoms with E-state index in [0.717, 1.165) is 25.0 Å². The molecule has 0 aromatic heterocycles. The zero-order valence-corrected chi connectivity index (χ0v) is 7.05. The number of ether oxygens (including phenoxy) is 1. The molecule has 1 heterocycles. The Bertz CT molecular complexity index is 142. The van der Waals surface area contributed by atoms with Gasteiger partial charge in [-0.2, -0.15) is 0 Å². The summed E-state index contributed by atoms with van der Waals surface area (Å²) in [5, 5.41) is 9.34. The zero-order valence-electron chi connectivity index (χ0n) is 7.05. The van der Waals surface area contributed by atoms with E-state index in [1.54, 1.807) is 0 Å². The van der Waals surface area contributed by atoms with E-state index in [2.05, 4.69) is 13.5 Å². The molecule has 0 bridgehead atoms. The van der Waals surface area contributed by atoms with E-state index < -0.39 is 0 Å². The van der Waals surface area contributed by atoms with Crippen LogP contribution in [0.5, 0.6) is 0 Å². The molecule has 1 aliphatic rings. The standard InChI is InChI=1S/C9H16O2/c1-3-4-9-6-8(10)5-7(2)11-9/h8-10H,2-6H2,1H3. The Morgan fingerprint density at radius 3 is 3.00 bits per heavy atom. The maximum absolute atomic E-state index is 9.34. The Hall–Kier alpha value is -0.500. The fraction of sp³-hybridized carbons (Fsp3) is 0.778. The van der Waals surface area contributed by atoms with E-state index in [1.807, 2.05) is 0 Å². The fourth-order valence-electron chi connectivity index (χ4n) is 1.48. The maximum atomic E-state index is 9.34. The van der Waals surface area contributed by atoms with Crippen LogP contribution in [0.1, 0.15) is 32.6 Å². The Kier molecular flexibility index (Phi) is 2.94. The average molecular weight is 156 g/mol. The smallest absolute Gasteiger partial charge is 0.101 e. The highest BCUT2D eigenvalue weighted by atomic mass is 16.5. The summed E-state index contributed by atoms with van der Waals surface area (Å²) in [5.41, 5.74) is 0. The average Bonchev–Trinajstić information content (AvgIpc) is 1.85. The molecule has 2 nitrogen and oxygen atoms in total. The summed E-state index contributed by atoms with van der Waals surface area (Å²) >= 11 is 0. The first-order chi connectivity index (χ1) is 5.22. The van der Waals surface area contributed by atoms with Crippen LogP contribution in [0, 0.1) is 0 Å². The minimum absolute atomic E-state index is 0.205. The summed E-state index contributed by atoms with van der Waals surface area (Å²) < 4.78 is 5.44. The minimum Gasteiger partial charge on any atom is -0.495 e. The molecule has 0 aromatic carbocycles. The van der Waals surface area contributed by atoms with Crippen molar-refractivity contribution < 1.29 is 9.84 Å². The van der Waals surface area contributed by atoms with E-state index in [4.69, 9.17) is 4.74 Å². The summed E-state index contributed by atoms with van der Waals surface area (Å²) in [7, 11) is 0. The Labute approximate surface area is 67.9 Å². The number of aliphatic hydroxyl groups is 1. The van der Waals surface area contributed by atoms with Crippen LogP contribution in [0.4, 0.5) is 0 Å². The summed E-state index contributed by atoms with van der Waals surface area (Å²) in [6.07, 6.45) is 3.48. The normalized spacial score (nSPS) is 31.6. The lowest BCUT2D eigenvalue weighted by molar-refractivity contribution is -0.00177. The molecule has 1 saturated heterocycles. The molecule has 2 heteroatoms. The molecule has 0 radical (unpaired) electrons. The first kappa shape index (κ1) is 8.60. The minimum atomic E-state index is -0.229. The third-order valence-electron chi connectivity index (χ3n) is 1.94. The fourth-order valence-corrected chi connectivity index (χ4v) is 1.48. The van der Waals surface area contributed by atoms with Gasteiger partial charge in [0.05, 0.1) is 11.9 Å². The van der Waals surface area contributed by atoms with Gasteiger partial charge in [0.1, 0.15) is 6.10 Å². The van der Waals surface area contributed by atoms with Crippen molar-refractivity contribution in [3.63, 3.8) is 0 Å². The molecule has 2 atom stereocenters. The second-order valence-electron chi connectivity index (χ2n) is 3.16. The van der Waals surface area contributed by atoms with Crippen molar-refractivity contribution in [3.05, 3.63) is 12.3 Å². The molecule has 2 unspecified atom stereocenters. The van der Waals surface area contributed by atoms with Gasteiger partial charge in [0.25, 0.3) is 0 Å². The van der Waals surface area contributed by atoms with E-state index in [0.29, 0.717) is 6.42 Å². The molecule has 1 rings (SSSR count). The highest BCUT2D eigenvalue weighted by Crippen LogP contribution is 2.23. The third-order valence-corrected chi connectivity index (χ3v) is 1.94. The number of hydrogen-bond donors (Lipinski definition) is 1. The van der Waals surface area contributed by atoms with E-state index >= 15 is 0 Å². The third kappa shape index (κ3) is 2.54. The van der Waals surface area contributed by atoms with Gasteiger partial charge in [0, 0.05) is 12.8 Å². The summed E-state index contributed by atoms with van der Waals surface area (Å²) in [4.78, 5) is 0. The van der Waals surface area contributed by atoms with Gasteiger partial charge in [0.15, 0.2) is 0 Å². The summed E-state index contributed by atoms with van der Waals surface area (Å²) in [5.74, 6) is 0.738. The molecule has 1 fully saturated rings. The van der Waals surface area contributed by atoms with Crippen LogP contribution in [0.3, 0.4) is 0 Å². The van der Waals surface area contributed by atoms with Crippen LogP contribution in [0.2, 0.25) is 0 Å². The second-order valence-corrected chi connectivity index (χ2v) is 3.16. The van der Waals surface area contributed by atoms with Crippen molar-refractivity contribution in [2.24, 2.45) is 0 Å². The predicted molar refractivity (Wildman–Crippen MR) is 44.2 cm³/mol. The molecule has 11 heavy (non-hydrogen) atoms. The van der Waals surface area contributed by atoms with Gasteiger partial charge < -0.3 is 9.84 Å². The van der Waals surface area contributed by atoms with Crippen molar-refractivity contribution >= 4 is 0 Å². The molecular formula is C9H16O2. The molecule has 0 spiro atoms. The molecule has 0 saturated carbocycles. The van der Waals surface area contributed by atoms with Gasteiger partial charge in [-0.15, -0.1) is 0 Å². The van der Waals surface area contributed by atoms with E-state index in [-0.39, 0.29) is 12.2 Å². The van der Waals surface area contributed by atoms with Gasteiger partial charge in [-0.3, -0.25) is 0 Å². The largest absolute Gasteiger partial charge is 0.495 e. The Balaban J connectivity index is 2.36. The van der Waals surface area contributed by atoms with E-state index in [1.165, 1.54) is 0 Å². The van der Waals surface area contributed by atoms with Gasteiger partial charge >= 0.3 is 0 Å². The molecule has 0 aliphatic carbocycles. The molecule has 1 aliphatic heterocycles. The van der Waals surface area contributed by atoms with Gasteiger partial charge in [-0.05, 0) is 6.42 Å². The van der Waals surface area contributed by atoms with Crippen LogP contribution in [-0.2, 0) is 4.74 Å². The van der Waals surface area contributed by atoms with Crippen LogP contribution in [0.15, 0.2) is 12.3 Å². The molecule has 0 aromatic rings. The number of hydrogen-bond acceptors (Lipinski definition) is 2. The highest BCUT2D eigenvalue weighted by molar-refractivity contribution is 4.92. The van der Waals surface area contributed by atoms with Crippen molar-refractivity contribution in [2.75, 3.05) is 0 Å². The van der Waals surface area contributed by atoms with Gasteiger partial charge in [0.2, 0.25) is 0 Å². The molecule has 1 N–H and O–H groups in total. The van der Waals surface area contributed by atoms with Gasteiger partial charge in [-0.1, -0.05) is 19.9 Å². The van der Waals surface area contributed by atoms with Crippen molar-refractivity contribution in [3.8, 4) is 0 Å². The first-order valence-corrected chi connectivity index (χ1v) is 4.25. The van der Waals surface area contributed by atoms with Crippen molar-refractivity contribution in [1.82, 2.24) is 0 Å². The maximum Gasteiger partial charge on any atom is 0.101 e. The lowest BCUT2D eigenvalue weighted by atomic mass is 10.0. The first-order valence-electron chi connectivity index (χ1n) is 4.25. The van der Waals surface area contributed by atoms with Crippen molar-refractivity contribution in [2.45, 2.75) is 44.8 Å². The Morgan fingerprint density at radius 1 is 1.73 bits per heavy atom. The van der Waals surface area contributed by atoms with Crippen LogP contribution in [0.25, 0.3) is 0 Å². The second kappa shape index (κ2) is 3.77. The Morgan fingerprint density at radius 2 is 2.45 bits per heavy atom. The lowest BCUT2D eigenvalue weighted by Gasteiger charge is -2.28. The monoisotopic (exact) mass is 156 g/mol. The molecule has 64 valence electrons. The topological polar surface area (TPSA) is 29.5 Å². The summed E-state index contributed by atoms with van der Waals surface area (Å²) in [6, 6.07) is 0. The quantitative estimate of drug-likeness (QED) is 0.661. The van der Waals surface area contributed by atoms with E-state index in [9.17, 15) is 5.11 Å². The lowest BCUT2D eigenvalue weighted by Crippen LogP contribution is -2.27.